The number of carbonyl (C=O) groups is 2. The van der Waals surface area contributed by atoms with E-state index in [1.54, 1.807) is 35.4 Å². The highest BCUT2D eigenvalue weighted by atomic mass is 16.5. The van der Waals surface area contributed by atoms with Gasteiger partial charge in [0.2, 0.25) is 0 Å². The lowest BCUT2D eigenvalue weighted by Gasteiger charge is -2.22. The number of benzene rings is 2. The van der Waals surface area contributed by atoms with Crippen molar-refractivity contribution in [1.82, 2.24) is 4.90 Å². The van der Waals surface area contributed by atoms with Crippen molar-refractivity contribution in [2.24, 2.45) is 0 Å². The van der Waals surface area contributed by atoms with Crippen molar-refractivity contribution in [2.45, 2.75) is 20.0 Å². The number of hydrogen-bond donors (Lipinski definition) is 0. The molecule has 3 aromatic rings. The smallest absolute Gasteiger partial charge is 0.261 e. The SMILES string of the molecule is CCOc1cc(C=O)ccc1OCC(=O)N(Cc1ccccc1)Cc1ccco1. The van der Waals surface area contributed by atoms with Gasteiger partial charge in [0, 0.05) is 12.1 Å². The largest absolute Gasteiger partial charge is 0.490 e. The summed E-state index contributed by atoms with van der Waals surface area (Å²) in [4.78, 5) is 25.6. The second-order valence-corrected chi connectivity index (χ2v) is 6.36. The Morgan fingerprint density at radius 1 is 1.00 bits per heavy atom. The van der Waals surface area contributed by atoms with Crippen molar-refractivity contribution in [3.63, 3.8) is 0 Å². The molecule has 0 atom stereocenters. The van der Waals surface area contributed by atoms with Crippen LogP contribution in [0.1, 0.15) is 28.6 Å². The Morgan fingerprint density at radius 3 is 2.52 bits per heavy atom. The second-order valence-electron chi connectivity index (χ2n) is 6.36. The minimum absolute atomic E-state index is 0.159. The van der Waals surface area contributed by atoms with E-state index in [4.69, 9.17) is 13.9 Å². The van der Waals surface area contributed by atoms with Crippen LogP contribution in [0.4, 0.5) is 0 Å². The molecule has 0 aliphatic heterocycles. The van der Waals surface area contributed by atoms with Crippen LogP contribution in [0.3, 0.4) is 0 Å². The van der Waals surface area contributed by atoms with Gasteiger partial charge in [-0.25, -0.2) is 0 Å². The van der Waals surface area contributed by atoms with Crippen molar-refractivity contribution >= 4 is 12.2 Å². The number of aldehydes is 1. The van der Waals surface area contributed by atoms with Crippen molar-refractivity contribution in [2.75, 3.05) is 13.2 Å². The van der Waals surface area contributed by atoms with E-state index in [0.29, 0.717) is 42.5 Å². The molecule has 29 heavy (non-hydrogen) atoms. The third-order valence-corrected chi connectivity index (χ3v) is 4.25. The molecule has 1 amide bonds. The zero-order valence-corrected chi connectivity index (χ0v) is 16.2. The van der Waals surface area contributed by atoms with E-state index in [0.717, 1.165) is 11.8 Å². The van der Waals surface area contributed by atoms with Crippen molar-refractivity contribution in [3.8, 4) is 11.5 Å². The van der Waals surface area contributed by atoms with Crippen LogP contribution in [0.25, 0.3) is 0 Å². The molecule has 0 aliphatic rings. The van der Waals surface area contributed by atoms with Crippen molar-refractivity contribution < 1.29 is 23.5 Å². The Bertz CT molecular complexity index is 922. The number of ether oxygens (including phenoxy) is 2. The van der Waals surface area contributed by atoms with Gasteiger partial charge in [-0.3, -0.25) is 9.59 Å². The fraction of sp³-hybridized carbons (Fsp3) is 0.217. The number of carbonyl (C=O) groups excluding carboxylic acids is 2. The minimum atomic E-state index is -0.188. The fourth-order valence-electron chi connectivity index (χ4n) is 2.84. The van der Waals surface area contributed by atoms with E-state index in [1.165, 1.54) is 0 Å². The molecular weight excluding hydrogens is 370 g/mol. The van der Waals surface area contributed by atoms with Crippen LogP contribution in [-0.4, -0.2) is 30.3 Å². The number of furan rings is 1. The fourth-order valence-corrected chi connectivity index (χ4v) is 2.84. The zero-order valence-electron chi connectivity index (χ0n) is 16.2. The molecule has 3 rings (SSSR count). The quantitative estimate of drug-likeness (QED) is 0.485. The highest BCUT2D eigenvalue weighted by Gasteiger charge is 2.18. The number of rotatable bonds is 10. The predicted octanol–water partition coefficient (Wildman–Crippen LogP) is 4.10. The molecule has 2 aromatic carbocycles. The molecule has 6 nitrogen and oxygen atoms in total. The van der Waals surface area contributed by atoms with Gasteiger partial charge < -0.3 is 18.8 Å². The van der Waals surface area contributed by atoms with Crippen LogP contribution in [0.15, 0.2) is 71.3 Å². The van der Waals surface area contributed by atoms with E-state index >= 15 is 0 Å². The molecule has 0 bridgehead atoms. The molecule has 0 unspecified atom stereocenters. The standard InChI is InChI=1S/C23H23NO5/c1-2-27-22-13-19(16-25)10-11-21(22)29-17-23(26)24(15-20-9-6-12-28-20)14-18-7-4-3-5-8-18/h3-13,16H,2,14-15,17H2,1H3. The highest BCUT2D eigenvalue weighted by Crippen LogP contribution is 2.28. The van der Waals surface area contributed by atoms with Crippen LogP contribution in [0.2, 0.25) is 0 Å². The molecule has 0 saturated carbocycles. The van der Waals surface area contributed by atoms with Gasteiger partial charge in [-0.15, -0.1) is 0 Å². The van der Waals surface area contributed by atoms with Gasteiger partial charge in [0.05, 0.1) is 19.4 Å². The van der Waals surface area contributed by atoms with E-state index in [-0.39, 0.29) is 12.5 Å². The highest BCUT2D eigenvalue weighted by molar-refractivity contribution is 5.78. The molecule has 1 heterocycles. The third-order valence-electron chi connectivity index (χ3n) is 4.25. The normalized spacial score (nSPS) is 10.4. The maximum atomic E-state index is 12.9. The summed E-state index contributed by atoms with van der Waals surface area (Å²) >= 11 is 0. The Morgan fingerprint density at radius 2 is 1.83 bits per heavy atom. The Kier molecular flexibility index (Phi) is 7.05. The molecule has 0 N–H and O–H groups in total. The summed E-state index contributed by atoms with van der Waals surface area (Å²) in [5.74, 6) is 1.36. The summed E-state index contributed by atoms with van der Waals surface area (Å²) in [6.45, 7) is 2.88. The Hall–Kier alpha value is -3.54. The minimum Gasteiger partial charge on any atom is -0.490 e. The molecule has 0 radical (unpaired) electrons. The second kappa shape index (κ2) is 10.1. The summed E-state index contributed by atoms with van der Waals surface area (Å²) in [5, 5.41) is 0. The van der Waals surface area contributed by atoms with Crippen LogP contribution in [0.5, 0.6) is 11.5 Å². The summed E-state index contributed by atoms with van der Waals surface area (Å²) in [7, 11) is 0. The average Bonchev–Trinajstić information content (AvgIpc) is 3.26. The van der Waals surface area contributed by atoms with Gasteiger partial charge >= 0.3 is 0 Å². The first-order chi connectivity index (χ1) is 14.2. The first-order valence-corrected chi connectivity index (χ1v) is 9.38. The van der Waals surface area contributed by atoms with Crippen LogP contribution in [-0.2, 0) is 17.9 Å². The number of hydrogen-bond acceptors (Lipinski definition) is 5. The van der Waals surface area contributed by atoms with Crippen LogP contribution >= 0.6 is 0 Å². The van der Waals surface area contributed by atoms with Gasteiger partial charge in [-0.05, 0) is 42.8 Å². The third kappa shape index (κ3) is 5.72. The maximum Gasteiger partial charge on any atom is 0.261 e. The Labute approximate surface area is 169 Å². The summed E-state index contributed by atoms with van der Waals surface area (Å²) in [6.07, 6.45) is 2.32. The maximum absolute atomic E-state index is 12.9. The number of amides is 1. The van der Waals surface area contributed by atoms with Crippen molar-refractivity contribution in [3.05, 3.63) is 83.8 Å². The predicted molar refractivity (Wildman–Crippen MR) is 108 cm³/mol. The van der Waals surface area contributed by atoms with Crippen molar-refractivity contribution in [1.29, 1.82) is 0 Å². The van der Waals surface area contributed by atoms with E-state index < -0.39 is 0 Å². The number of nitrogens with zero attached hydrogens (tertiary/aromatic N) is 1. The topological polar surface area (TPSA) is 69.0 Å². The van der Waals surface area contributed by atoms with E-state index in [1.807, 2.05) is 43.3 Å². The summed E-state index contributed by atoms with van der Waals surface area (Å²) in [6, 6.07) is 18.2. The van der Waals surface area contributed by atoms with Crippen LogP contribution < -0.4 is 9.47 Å². The lowest BCUT2D eigenvalue weighted by Crippen LogP contribution is -2.34. The monoisotopic (exact) mass is 393 g/mol. The molecular formula is C23H23NO5. The van der Waals surface area contributed by atoms with E-state index in [9.17, 15) is 9.59 Å². The molecule has 1 aromatic heterocycles. The van der Waals surface area contributed by atoms with Gasteiger partial charge in [-0.1, -0.05) is 30.3 Å². The first kappa shape index (κ1) is 20.2. The van der Waals surface area contributed by atoms with Gasteiger partial charge in [0.25, 0.3) is 5.91 Å². The molecule has 0 aliphatic carbocycles. The Balaban J connectivity index is 1.71. The molecule has 150 valence electrons. The molecule has 0 spiro atoms. The lowest BCUT2D eigenvalue weighted by atomic mass is 10.2. The lowest BCUT2D eigenvalue weighted by molar-refractivity contribution is -0.134. The summed E-state index contributed by atoms with van der Waals surface area (Å²) in [5.41, 5.74) is 1.49. The zero-order chi connectivity index (χ0) is 20.5. The molecule has 6 heteroatoms. The average molecular weight is 393 g/mol. The van der Waals surface area contributed by atoms with Crippen LogP contribution in [0, 0.1) is 0 Å². The molecule has 0 saturated heterocycles. The van der Waals surface area contributed by atoms with Gasteiger partial charge in [-0.2, -0.15) is 0 Å². The molecule has 0 fully saturated rings. The van der Waals surface area contributed by atoms with Gasteiger partial charge in [0.15, 0.2) is 18.1 Å². The summed E-state index contributed by atoms with van der Waals surface area (Å²) < 4.78 is 16.7. The van der Waals surface area contributed by atoms with Gasteiger partial charge in [0.1, 0.15) is 12.0 Å². The van der Waals surface area contributed by atoms with E-state index in [2.05, 4.69) is 0 Å². The first-order valence-electron chi connectivity index (χ1n) is 9.38.